The lowest BCUT2D eigenvalue weighted by Gasteiger charge is -2.23. The Balaban J connectivity index is 4.26. The van der Waals surface area contributed by atoms with Crippen LogP contribution in [0.15, 0.2) is 24.3 Å². The van der Waals surface area contributed by atoms with Crippen molar-refractivity contribution in [3.63, 3.8) is 0 Å². The van der Waals surface area contributed by atoms with Gasteiger partial charge in [-0.2, -0.15) is 0 Å². The van der Waals surface area contributed by atoms with Gasteiger partial charge in [0.25, 0.3) is 0 Å². The molecule has 0 radical (unpaired) electrons. The average molecular weight is 743 g/mol. The van der Waals surface area contributed by atoms with E-state index in [1.54, 1.807) is 6.08 Å². The first-order chi connectivity index (χ1) is 24.9. The number of hydrogen-bond acceptors (Lipinski definition) is 6. The smallest absolute Gasteiger partial charge is 0.387 e. The summed E-state index contributed by atoms with van der Waals surface area (Å²) in [5.74, 6) is -0.202. The molecule has 0 saturated heterocycles. The van der Waals surface area contributed by atoms with Crippen molar-refractivity contribution in [1.29, 1.82) is 0 Å². The molecule has 3 atom stereocenters. The third-order valence-corrected chi connectivity index (χ3v) is 10.5. The summed E-state index contributed by atoms with van der Waals surface area (Å²) in [6, 6.07) is -0.872. The van der Waals surface area contributed by atoms with Crippen molar-refractivity contribution in [2.24, 2.45) is 5.73 Å². The van der Waals surface area contributed by atoms with E-state index in [1.807, 2.05) is 6.08 Å². The highest BCUT2D eigenvalue weighted by molar-refractivity contribution is 7.47. The molecule has 0 fully saturated rings. The number of aliphatic hydroxyl groups excluding tert-OH is 1. The Bertz CT molecular complexity index is 855. The van der Waals surface area contributed by atoms with Gasteiger partial charge in [0.1, 0.15) is 0 Å². The van der Waals surface area contributed by atoms with Gasteiger partial charge in [-0.05, 0) is 32.1 Å². The first-order valence-electron chi connectivity index (χ1n) is 21.5. The third-order valence-electron chi connectivity index (χ3n) is 9.53. The maximum Gasteiger partial charge on any atom is 0.472 e. The molecule has 302 valence electrons. The maximum absolute atomic E-state index is 12.7. The molecular weight excluding hydrogens is 659 g/mol. The van der Waals surface area contributed by atoms with Crippen LogP contribution in [0, 0.1) is 0 Å². The Kier molecular flexibility index (Phi) is 37.9. The number of carbonyl (C=O) groups excluding carboxylic acids is 1. The zero-order valence-corrected chi connectivity index (χ0v) is 34.2. The number of amides is 1. The van der Waals surface area contributed by atoms with Gasteiger partial charge in [0.15, 0.2) is 0 Å². The molecule has 5 N–H and O–H groups in total. The van der Waals surface area contributed by atoms with Crippen LogP contribution >= 0.6 is 7.82 Å². The molecule has 0 aromatic rings. The molecule has 0 aliphatic carbocycles. The number of rotatable bonds is 40. The molecule has 0 bridgehead atoms. The van der Waals surface area contributed by atoms with Crippen LogP contribution in [-0.2, 0) is 18.4 Å². The first-order valence-corrected chi connectivity index (χ1v) is 23.0. The quantitative estimate of drug-likeness (QED) is 0.0279. The summed E-state index contributed by atoms with van der Waals surface area (Å²) < 4.78 is 22.1. The van der Waals surface area contributed by atoms with Crippen LogP contribution < -0.4 is 11.1 Å². The van der Waals surface area contributed by atoms with Crippen LogP contribution in [0.2, 0.25) is 0 Å². The number of allylic oxidation sites excluding steroid dienone is 3. The Labute approximate surface area is 315 Å². The second kappa shape index (κ2) is 38.7. The Morgan fingerprint density at radius 2 is 1.04 bits per heavy atom. The summed E-state index contributed by atoms with van der Waals surface area (Å²) in [6.45, 7) is 4.12. The minimum Gasteiger partial charge on any atom is -0.387 e. The molecule has 0 aliphatic heterocycles. The van der Waals surface area contributed by atoms with Gasteiger partial charge in [0.05, 0.1) is 25.4 Å². The van der Waals surface area contributed by atoms with Gasteiger partial charge in [-0.3, -0.25) is 13.8 Å². The molecule has 1 amide bonds. The lowest BCUT2D eigenvalue weighted by atomic mass is 10.0. The monoisotopic (exact) mass is 743 g/mol. The Morgan fingerprint density at radius 3 is 1.51 bits per heavy atom. The standard InChI is InChI=1S/C42H83N2O6P/c1-3-5-7-9-11-13-15-17-19-20-22-23-25-27-29-31-33-35-41(45)40(39-50-51(47,48)49-38-37-43)44-42(46)36-34-32-30-28-26-24-21-18-16-14-12-10-8-6-4-2/h25,27,33,35,40-41,45H,3-24,26,28-32,34,36-39,43H2,1-2H3,(H,44,46)(H,47,48)/b27-25+,35-33+. The fraction of sp³-hybridized carbons (Fsp3) is 0.881. The van der Waals surface area contributed by atoms with Crippen LogP contribution in [-0.4, -0.2) is 47.8 Å². The highest BCUT2D eigenvalue weighted by Gasteiger charge is 2.26. The second-order valence-corrected chi connectivity index (χ2v) is 16.0. The zero-order chi connectivity index (χ0) is 37.5. The third kappa shape index (κ3) is 37.1. The molecule has 0 aromatic carbocycles. The molecule has 0 aliphatic rings. The van der Waals surface area contributed by atoms with E-state index >= 15 is 0 Å². The van der Waals surface area contributed by atoms with Crippen LogP contribution in [0.1, 0.15) is 206 Å². The van der Waals surface area contributed by atoms with Gasteiger partial charge >= 0.3 is 7.82 Å². The summed E-state index contributed by atoms with van der Waals surface area (Å²) in [6.07, 6.45) is 43.7. The lowest BCUT2D eigenvalue weighted by Crippen LogP contribution is -2.45. The number of unbranched alkanes of at least 4 members (excludes halogenated alkanes) is 26. The lowest BCUT2D eigenvalue weighted by molar-refractivity contribution is -0.123. The molecule has 51 heavy (non-hydrogen) atoms. The van der Waals surface area contributed by atoms with E-state index in [1.165, 1.54) is 148 Å². The Hall–Kier alpha value is -1.02. The first kappa shape index (κ1) is 50.0. The van der Waals surface area contributed by atoms with Crippen molar-refractivity contribution in [2.75, 3.05) is 19.8 Å². The van der Waals surface area contributed by atoms with Gasteiger partial charge in [0.2, 0.25) is 5.91 Å². The number of carbonyl (C=O) groups is 1. The van der Waals surface area contributed by atoms with E-state index < -0.39 is 20.0 Å². The van der Waals surface area contributed by atoms with E-state index in [0.717, 1.165) is 38.5 Å². The molecule has 0 heterocycles. The number of nitrogens with one attached hydrogen (secondary N) is 1. The highest BCUT2D eigenvalue weighted by Crippen LogP contribution is 2.43. The van der Waals surface area contributed by atoms with Crippen molar-refractivity contribution in [3.05, 3.63) is 24.3 Å². The molecule has 9 heteroatoms. The zero-order valence-electron chi connectivity index (χ0n) is 33.4. The Morgan fingerprint density at radius 1 is 0.627 bits per heavy atom. The molecule has 3 unspecified atom stereocenters. The largest absolute Gasteiger partial charge is 0.472 e. The number of aliphatic hydroxyl groups is 1. The van der Waals surface area contributed by atoms with Crippen molar-refractivity contribution in [2.45, 2.75) is 219 Å². The summed E-state index contributed by atoms with van der Waals surface area (Å²) in [4.78, 5) is 22.7. The minimum absolute atomic E-state index is 0.0758. The predicted molar refractivity (Wildman–Crippen MR) is 217 cm³/mol. The van der Waals surface area contributed by atoms with Crippen LogP contribution in [0.3, 0.4) is 0 Å². The number of phosphoric acid groups is 1. The minimum atomic E-state index is -4.34. The van der Waals surface area contributed by atoms with E-state index in [9.17, 15) is 19.4 Å². The van der Waals surface area contributed by atoms with Gasteiger partial charge in [-0.15, -0.1) is 0 Å². The molecular formula is C42H83N2O6P. The number of hydrogen-bond donors (Lipinski definition) is 4. The van der Waals surface area contributed by atoms with Crippen LogP contribution in [0.5, 0.6) is 0 Å². The average Bonchev–Trinajstić information content (AvgIpc) is 3.12. The molecule has 0 aromatic heterocycles. The maximum atomic E-state index is 12.7. The SMILES string of the molecule is CCCCCCCCCCCCC/C=C/CC/C=C/C(O)C(COP(=O)(O)OCCN)NC(=O)CCCCCCCCCCCCCCCCC. The molecule has 8 nitrogen and oxygen atoms in total. The predicted octanol–water partition coefficient (Wildman–Crippen LogP) is 11.8. The fourth-order valence-corrected chi connectivity index (χ4v) is 7.03. The molecule has 0 rings (SSSR count). The number of nitrogens with two attached hydrogens (primary N) is 1. The van der Waals surface area contributed by atoms with Gasteiger partial charge < -0.3 is 21.1 Å². The van der Waals surface area contributed by atoms with Gasteiger partial charge in [-0.1, -0.05) is 192 Å². The van der Waals surface area contributed by atoms with Crippen molar-refractivity contribution >= 4 is 13.7 Å². The van der Waals surface area contributed by atoms with Gasteiger partial charge in [-0.25, -0.2) is 4.57 Å². The van der Waals surface area contributed by atoms with Crippen molar-refractivity contribution in [3.8, 4) is 0 Å². The summed E-state index contributed by atoms with van der Waals surface area (Å²) in [7, 11) is -4.34. The van der Waals surface area contributed by atoms with E-state index in [0.29, 0.717) is 6.42 Å². The fourth-order valence-electron chi connectivity index (χ4n) is 6.27. The topological polar surface area (TPSA) is 131 Å². The van der Waals surface area contributed by atoms with Crippen LogP contribution in [0.4, 0.5) is 0 Å². The van der Waals surface area contributed by atoms with Crippen molar-refractivity contribution < 1.29 is 28.4 Å². The second-order valence-electron chi connectivity index (χ2n) is 14.6. The van der Waals surface area contributed by atoms with Crippen LogP contribution in [0.25, 0.3) is 0 Å². The highest BCUT2D eigenvalue weighted by atomic mass is 31.2. The molecule has 0 saturated carbocycles. The molecule has 0 spiro atoms. The van der Waals surface area contributed by atoms with E-state index in [4.69, 9.17) is 14.8 Å². The van der Waals surface area contributed by atoms with E-state index in [-0.39, 0.29) is 25.7 Å². The summed E-state index contributed by atoms with van der Waals surface area (Å²) in [5, 5.41) is 13.6. The van der Waals surface area contributed by atoms with Gasteiger partial charge in [0, 0.05) is 13.0 Å². The summed E-state index contributed by atoms with van der Waals surface area (Å²) >= 11 is 0. The normalized spacial score (nSPS) is 14.4. The van der Waals surface area contributed by atoms with E-state index in [2.05, 4.69) is 31.3 Å². The summed E-state index contributed by atoms with van der Waals surface area (Å²) in [5.41, 5.74) is 5.37. The number of phosphoric ester groups is 1. The van der Waals surface area contributed by atoms with Crippen molar-refractivity contribution in [1.82, 2.24) is 5.32 Å².